The number of sulfonamides is 1. The van der Waals surface area contributed by atoms with Crippen LogP contribution in [0.2, 0.25) is 0 Å². The lowest BCUT2D eigenvalue weighted by atomic mass is 10.1. The number of nitrogens with zero attached hydrogens (tertiary/aromatic N) is 1. The molecular formula is C18H18N2O4S. The molecule has 0 aliphatic heterocycles. The number of primary sulfonamides is 1. The molecule has 0 bridgehead atoms. The van der Waals surface area contributed by atoms with Crippen LogP contribution in [0.4, 0.5) is 0 Å². The van der Waals surface area contributed by atoms with Gasteiger partial charge in [0.2, 0.25) is 15.9 Å². The quantitative estimate of drug-likeness (QED) is 0.746. The standard InChI is InChI=1S/C18H18N2O4S/c1-18(2,21)17-20-15(12-8-4-3-5-9-12)16(24-17)13-10-6-7-11-14(13)25(19,22)23/h3-11,21H,1-2H3,(H2,19,22,23). The van der Waals surface area contributed by atoms with E-state index in [2.05, 4.69) is 4.98 Å². The normalized spacial score (nSPS) is 12.3. The smallest absolute Gasteiger partial charge is 0.238 e. The minimum Gasteiger partial charge on any atom is -0.437 e. The van der Waals surface area contributed by atoms with Crippen LogP contribution in [0.1, 0.15) is 19.7 Å². The summed E-state index contributed by atoms with van der Waals surface area (Å²) in [7, 11) is -3.96. The van der Waals surface area contributed by atoms with E-state index in [1.807, 2.05) is 30.3 Å². The summed E-state index contributed by atoms with van der Waals surface area (Å²) in [6.45, 7) is 3.09. The van der Waals surface area contributed by atoms with Crippen molar-refractivity contribution in [2.45, 2.75) is 24.3 Å². The van der Waals surface area contributed by atoms with E-state index in [0.717, 1.165) is 5.56 Å². The van der Waals surface area contributed by atoms with Crippen molar-refractivity contribution in [3.05, 3.63) is 60.5 Å². The molecule has 3 rings (SSSR count). The zero-order valence-electron chi connectivity index (χ0n) is 13.8. The number of oxazole rings is 1. The van der Waals surface area contributed by atoms with Gasteiger partial charge in [0.15, 0.2) is 5.76 Å². The third-order valence-electron chi connectivity index (χ3n) is 3.64. The van der Waals surface area contributed by atoms with Crippen molar-refractivity contribution in [3.63, 3.8) is 0 Å². The third kappa shape index (κ3) is 3.48. The molecule has 0 atom stereocenters. The van der Waals surface area contributed by atoms with Crippen molar-refractivity contribution < 1.29 is 17.9 Å². The summed E-state index contributed by atoms with van der Waals surface area (Å²) < 4.78 is 29.7. The molecule has 130 valence electrons. The SMILES string of the molecule is CC(C)(O)c1nc(-c2ccccc2)c(-c2ccccc2S(N)(=O)=O)o1. The second-order valence-corrected chi connectivity index (χ2v) is 7.69. The van der Waals surface area contributed by atoms with Crippen LogP contribution in [0.25, 0.3) is 22.6 Å². The highest BCUT2D eigenvalue weighted by Crippen LogP contribution is 2.37. The first kappa shape index (κ1) is 17.3. The summed E-state index contributed by atoms with van der Waals surface area (Å²) in [5.74, 6) is 0.332. The minimum absolute atomic E-state index is 0.0642. The molecule has 0 aliphatic rings. The van der Waals surface area contributed by atoms with Crippen molar-refractivity contribution in [1.29, 1.82) is 0 Å². The summed E-state index contributed by atoms with van der Waals surface area (Å²) in [5.41, 5.74) is 0.153. The first-order chi connectivity index (χ1) is 11.7. The first-order valence-electron chi connectivity index (χ1n) is 7.59. The molecule has 2 aromatic carbocycles. The van der Waals surface area contributed by atoms with E-state index in [0.29, 0.717) is 11.3 Å². The second kappa shape index (κ2) is 6.11. The Labute approximate surface area is 146 Å². The molecule has 3 N–H and O–H groups in total. The van der Waals surface area contributed by atoms with Gasteiger partial charge in [0.1, 0.15) is 11.3 Å². The van der Waals surface area contributed by atoms with Gasteiger partial charge < -0.3 is 9.52 Å². The predicted octanol–water partition coefficient (Wildman–Crippen LogP) is 2.88. The second-order valence-electron chi connectivity index (χ2n) is 6.16. The van der Waals surface area contributed by atoms with Gasteiger partial charge in [-0.05, 0) is 26.0 Å². The van der Waals surface area contributed by atoms with Crippen LogP contribution >= 0.6 is 0 Å². The maximum absolute atomic E-state index is 11.9. The van der Waals surface area contributed by atoms with Crippen LogP contribution < -0.4 is 5.14 Å². The summed E-state index contributed by atoms with van der Waals surface area (Å²) in [4.78, 5) is 4.33. The van der Waals surface area contributed by atoms with Crippen LogP contribution in [0.5, 0.6) is 0 Å². The lowest BCUT2D eigenvalue weighted by Crippen LogP contribution is -2.15. The Kier molecular flexibility index (Phi) is 4.24. The van der Waals surface area contributed by atoms with E-state index in [4.69, 9.17) is 9.56 Å². The summed E-state index contributed by atoms with van der Waals surface area (Å²) in [6, 6.07) is 15.5. The zero-order valence-corrected chi connectivity index (χ0v) is 14.6. The Balaban J connectivity index is 2.32. The lowest BCUT2D eigenvalue weighted by Gasteiger charge is -2.11. The molecule has 0 aliphatic carbocycles. The number of hydrogen-bond donors (Lipinski definition) is 2. The fraction of sp³-hybridized carbons (Fsp3) is 0.167. The molecule has 0 saturated heterocycles. The highest BCUT2D eigenvalue weighted by Gasteiger charge is 2.29. The molecule has 0 saturated carbocycles. The van der Waals surface area contributed by atoms with E-state index in [9.17, 15) is 13.5 Å². The van der Waals surface area contributed by atoms with Crippen LogP contribution in [0.15, 0.2) is 63.9 Å². The molecule has 0 unspecified atom stereocenters. The van der Waals surface area contributed by atoms with Crippen LogP contribution in [-0.4, -0.2) is 18.5 Å². The third-order valence-corrected chi connectivity index (χ3v) is 4.61. The van der Waals surface area contributed by atoms with Gasteiger partial charge in [0.05, 0.1) is 4.90 Å². The number of benzene rings is 2. The average Bonchev–Trinajstić information content (AvgIpc) is 3.00. The van der Waals surface area contributed by atoms with E-state index < -0.39 is 15.6 Å². The minimum atomic E-state index is -3.96. The van der Waals surface area contributed by atoms with Crippen LogP contribution in [0.3, 0.4) is 0 Å². The molecule has 0 amide bonds. The van der Waals surface area contributed by atoms with Gasteiger partial charge in [-0.1, -0.05) is 42.5 Å². The zero-order chi connectivity index (χ0) is 18.2. The van der Waals surface area contributed by atoms with Gasteiger partial charge >= 0.3 is 0 Å². The van der Waals surface area contributed by atoms with Gasteiger partial charge in [0.25, 0.3) is 0 Å². The van der Waals surface area contributed by atoms with Crippen molar-refractivity contribution in [2.24, 2.45) is 5.14 Å². The first-order valence-corrected chi connectivity index (χ1v) is 9.14. The van der Waals surface area contributed by atoms with Crippen molar-refractivity contribution >= 4 is 10.0 Å². The molecule has 0 spiro atoms. The van der Waals surface area contributed by atoms with E-state index in [1.54, 1.807) is 32.0 Å². The van der Waals surface area contributed by atoms with E-state index in [1.165, 1.54) is 6.07 Å². The Morgan fingerprint density at radius 2 is 1.64 bits per heavy atom. The Morgan fingerprint density at radius 3 is 2.24 bits per heavy atom. The molecule has 1 heterocycles. The molecule has 3 aromatic rings. The van der Waals surface area contributed by atoms with Gasteiger partial charge in [-0.2, -0.15) is 0 Å². The van der Waals surface area contributed by atoms with Gasteiger partial charge in [-0.3, -0.25) is 0 Å². The topological polar surface area (TPSA) is 106 Å². The van der Waals surface area contributed by atoms with E-state index in [-0.39, 0.29) is 16.5 Å². The molecule has 25 heavy (non-hydrogen) atoms. The fourth-order valence-electron chi connectivity index (χ4n) is 2.46. The number of aliphatic hydroxyl groups is 1. The molecule has 0 radical (unpaired) electrons. The maximum atomic E-state index is 11.9. The van der Waals surface area contributed by atoms with Crippen molar-refractivity contribution in [2.75, 3.05) is 0 Å². The Hall–Kier alpha value is -2.48. The van der Waals surface area contributed by atoms with Crippen LogP contribution in [0, 0.1) is 0 Å². The maximum Gasteiger partial charge on any atom is 0.238 e. The summed E-state index contributed by atoms with van der Waals surface area (Å²) >= 11 is 0. The number of hydrogen-bond acceptors (Lipinski definition) is 5. The van der Waals surface area contributed by atoms with Gasteiger partial charge in [0, 0.05) is 11.1 Å². The molecule has 6 nitrogen and oxygen atoms in total. The summed E-state index contributed by atoms with van der Waals surface area (Å²) in [6.07, 6.45) is 0. The molecule has 0 fully saturated rings. The Morgan fingerprint density at radius 1 is 1.04 bits per heavy atom. The Bertz CT molecular complexity index is 1000. The molecular weight excluding hydrogens is 340 g/mol. The lowest BCUT2D eigenvalue weighted by molar-refractivity contribution is 0.0490. The fourth-order valence-corrected chi connectivity index (χ4v) is 3.19. The molecule has 1 aromatic heterocycles. The highest BCUT2D eigenvalue weighted by molar-refractivity contribution is 7.89. The number of nitrogens with two attached hydrogens (primary N) is 1. The summed E-state index contributed by atoms with van der Waals surface area (Å²) in [5, 5.41) is 15.6. The average molecular weight is 358 g/mol. The number of aromatic nitrogens is 1. The van der Waals surface area contributed by atoms with Gasteiger partial charge in [-0.15, -0.1) is 0 Å². The predicted molar refractivity (Wildman–Crippen MR) is 94.0 cm³/mol. The largest absolute Gasteiger partial charge is 0.437 e. The molecule has 7 heteroatoms. The number of rotatable bonds is 4. The van der Waals surface area contributed by atoms with Gasteiger partial charge in [-0.25, -0.2) is 18.5 Å². The van der Waals surface area contributed by atoms with Crippen LogP contribution in [-0.2, 0) is 15.6 Å². The van der Waals surface area contributed by atoms with Crippen molar-refractivity contribution in [1.82, 2.24) is 4.98 Å². The monoisotopic (exact) mass is 358 g/mol. The highest BCUT2D eigenvalue weighted by atomic mass is 32.2. The van der Waals surface area contributed by atoms with Crippen molar-refractivity contribution in [3.8, 4) is 22.6 Å². The van der Waals surface area contributed by atoms with E-state index >= 15 is 0 Å².